The average molecular weight is 422 g/mol. The van der Waals surface area contributed by atoms with E-state index < -0.39 is 5.97 Å². The number of hydrogen-bond donors (Lipinski definition) is 1. The van der Waals surface area contributed by atoms with Gasteiger partial charge < -0.3 is 10.1 Å². The summed E-state index contributed by atoms with van der Waals surface area (Å²) in [7, 11) is 0. The maximum Gasteiger partial charge on any atom is 0.316 e. The van der Waals surface area contributed by atoms with Crippen molar-refractivity contribution >= 4 is 45.9 Å². The van der Waals surface area contributed by atoms with Crippen LogP contribution in [-0.4, -0.2) is 30.0 Å². The van der Waals surface area contributed by atoms with E-state index in [9.17, 15) is 14.4 Å². The molecule has 3 aromatic carbocycles. The third kappa shape index (κ3) is 6.19. The quantitative estimate of drug-likeness (QED) is 0.296. The Kier molecular flexibility index (Phi) is 7.63. The summed E-state index contributed by atoms with van der Waals surface area (Å²) in [5.41, 5.74) is 1.06. The summed E-state index contributed by atoms with van der Waals surface area (Å²) in [5.74, 6) is -0.654. The van der Waals surface area contributed by atoms with Crippen molar-refractivity contribution in [1.82, 2.24) is 0 Å². The molecule has 0 unspecified atom stereocenters. The summed E-state index contributed by atoms with van der Waals surface area (Å²) >= 11 is 1.38. The third-order valence-electron chi connectivity index (χ3n) is 4.41. The first-order valence-corrected chi connectivity index (χ1v) is 10.7. The van der Waals surface area contributed by atoms with Gasteiger partial charge in [0.2, 0.25) is 5.91 Å². The Morgan fingerprint density at radius 2 is 1.67 bits per heavy atom. The van der Waals surface area contributed by atoms with Crippen molar-refractivity contribution in [3.05, 3.63) is 72.3 Å². The standard InChI is InChI=1S/C24H23NO4S/c1-2-5-23(27)25-20-11-8-18(9-12-20)22(26)15-29-24(28)16-30-21-13-10-17-6-3-4-7-19(17)14-21/h3-4,6-14H,2,5,15-16H2,1H3,(H,25,27). The van der Waals surface area contributed by atoms with Gasteiger partial charge in [-0.15, -0.1) is 11.8 Å². The van der Waals surface area contributed by atoms with Crippen molar-refractivity contribution in [1.29, 1.82) is 0 Å². The predicted molar refractivity (Wildman–Crippen MR) is 120 cm³/mol. The maximum atomic E-state index is 12.2. The average Bonchev–Trinajstić information content (AvgIpc) is 2.76. The summed E-state index contributed by atoms with van der Waals surface area (Å²) in [5, 5.41) is 5.02. The van der Waals surface area contributed by atoms with Crippen molar-refractivity contribution in [2.45, 2.75) is 24.7 Å². The second kappa shape index (κ2) is 10.6. The molecule has 0 aliphatic rings. The molecule has 154 valence electrons. The van der Waals surface area contributed by atoms with Crippen LogP contribution >= 0.6 is 11.8 Å². The fourth-order valence-electron chi connectivity index (χ4n) is 2.86. The molecule has 6 heteroatoms. The number of thioether (sulfide) groups is 1. The lowest BCUT2D eigenvalue weighted by Gasteiger charge is -2.07. The van der Waals surface area contributed by atoms with Crippen molar-refractivity contribution in [3.8, 4) is 0 Å². The highest BCUT2D eigenvalue weighted by Gasteiger charge is 2.11. The summed E-state index contributed by atoms with van der Waals surface area (Å²) in [4.78, 5) is 36.8. The van der Waals surface area contributed by atoms with Crippen LogP contribution in [0.2, 0.25) is 0 Å². The summed E-state index contributed by atoms with van der Waals surface area (Å²) in [6, 6.07) is 20.6. The molecule has 1 N–H and O–H groups in total. The minimum Gasteiger partial charge on any atom is -0.457 e. The lowest BCUT2D eigenvalue weighted by Crippen LogP contribution is -2.15. The van der Waals surface area contributed by atoms with Gasteiger partial charge in [0.25, 0.3) is 0 Å². The second-order valence-corrected chi connectivity index (χ2v) is 7.81. The molecule has 0 aliphatic heterocycles. The molecule has 0 bridgehead atoms. The fourth-order valence-corrected chi connectivity index (χ4v) is 3.60. The van der Waals surface area contributed by atoms with Crippen LogP contribution in [0.3, 0.4) is 0 Å². The monoisotopic (exact) mass is 421 g/mol. The number of benzene rings is 3. The number of fused-ring (bicyclic) bond motifs is 1. The molecule has 0 atom stereocenters. The van der Waals surface area contributed by atoms with Crippen LogP contribution in [0.4, 0.5) is 5.69 Å². The van der Waals surface area contributed by atoms with Gasteiger partial charge in [-0.1, -0.05) is 37.3 Å². The van der Waals surface area contributed by atoms with E-state index in [2.05, 4.69) is 5.32 Å². The lowest BCUT2D eigenvalue weighted by atomic mass is 10.1. The number of amides is 1. The fraction of sp³-hybridized carbons (Fsp3) is 0.208. The van der Waals surface area contributed by atoms with Gasteiger partial charge in [0.1, 0.15) is 0 Å². The first-order chi connectivity index (χ1) is 14.5. The molecule has 1 amide bonds. The molecule has 0 aliphatic carbocycles. The second-order valence-electron chi connectivity index (χ2n) is 6.76. The predicted octanol–water partition coefficient (Wildman–Crippen LogP) is 5.10. The van der Waals surface area contributed by atoms with Crippen LogP contribution in [0.25, 0.3) is 10.8 Å². The van der Waals surface area contributed by atoms with Crippen LogP contribution in [-0.2, 0) is 14.3 Å². The molecular weight excluding hydrogens is 398 g/mol. The third-order valence-corrected chi connectivity index (χ3v) is 5.38. The van der Waals surface area contributed by atoms with E-state index in [0.717, 1.165) is 22.1 Å². The van der Waals surface area contributed by atoms with E-state index in [1.807, 2.05) is 49.4 Å². The minimum atomic E-state index is -0.440. The molecule has 0 saturated carbocycles. The molecule has 0 spiro atoms. The van der Waals surface area contributed by atoms with Crippen LogP contribution in [0.1, 0.15) is 30.1 Å². The summed E-state index contributed by atoms with van der Waals surface area (Å²) < 4.78 is 5.12. The number of anilines is 1. The molecule has 0 aromatic heterocycles. The number of hydrogen-bond acceptors (Lipinski definition) is 5. The molecule has 3 aromatic rings. The van der Waals surface area contributed by atoms with Crippen LogP contribution in [0.15, 0.2) is 71.6 Å². The zero-order valence-electron chi connectivity index (χ0n) is 16.7. The summed E-state index contributed by atoms with van der Waals surface area (Å²) in [6.45, 7) is 1.63. The molecule has 0 saturated heterocycles. The van der Waals surface area contributed by atoms with Gasteiger partial charge in [0, 0.05) is 22.6 Å². The normalized spacial score (nSPS) is 10.6. The number of rotatable bonds is 9. The molecular formula is C24H23NO4S. The van der Waals surface area contributed by atoms with E-state index in [1.54, 1.807) is 24.3 Å². The number of ketones is 1. The van der Waals surface area contributed by atoms with E-state index in [0.29, 0.717) is 17.7 Å². The Balaban J connectivity index is 1.45. The Labute approximate surface area is 179 Å². The molecule has 0 heterocycles. The number of ether oxygens (including phenoxy) is 1. The molecule has 3 rings (SSSR count). The zero-order valence-corrected chi connectivity index (χ0v) is 17.5. The number of esters is 1. The van der Waals surface area contributed by atoms with Crippen molar-refractivity contribution in [3.63, 3.8) is 0 Å². The first-order valence-electron chi connectivity index (χ1n) is 9.75. The highest BCUT2D eigenvalue weighted by Crippen LogP contribution is 2.23. The van der Waals surface area contributed by atoms with E-state index >= 15 is 0 Å². The Bertz CT molecular complexity index is 1050. The van der Waals surface area contributed by atoms with Gasteiger partial charge in [-0.3, -0.25) is 14.4 Å². The maximum absolute atomic E-state index is 12.2. The van der Waals surface area contributed by atoms with Crippen molar-refractivity contribution < 1.29 is 19.1 Å². The van der Waals surface area contributed by atoms with E-state index in [-0.39, 0.29) is 24.1 Å². The van der Waals surface area contributed by atoms with Crippen LogP contribution in [0, 0.1) is 0 Å². The van der Waals surface area contributed by atoms with Crippen molar-refractivity contribution in [2.75, 3.05) is 17.7 Å². The smallest absolute Gasteiger partial charge is 0.316 e. The SMILES string of the molecule is CCCC(=O)Nc1ccc(C(=O)COC(=O)CSc2ccc3ccccc3c2)cc1. The van der Waals surface area contributed by atoms with Crippen molar-refractivity contribution in [2.24, 2.45) is 0 Å². The lowest BCUT2D eigenvalue weighted by molar-refractivity contribution is -0.139. The van der Waals surface area contributed by atoms with Gasteiger partial charge in [-0.25, -0.2) is 0 Å². The molecule has 5 nitrogen and oxygen atoms in total. The summed E-state index contributed by atoms with van der Waals surface area (Å²) in [6.07, 6.45) is 1.22. The van der Waals surface area contributed by atoms with Gasteiger partial charge >= 0.3 is 5.97 Å². The topological polar surface area (TPSA) is 72.5 Å². The largest absolute Gasteiger partial charge is 0.457 e. The Morgan fingerprint density at radius 3 is 2.40 bits per heavy atom. The Morgan fingerprint density at radius 1 is 0.933 bits per heavy atom. The highest BCUT2D eigenvalue weighted by molar-refractivity contribution is 8.00. The number of Topliss-reactive ketones (excluding diaryl/α,β-unsaturated/α-hetero) is 1. The molecule has 0 fully saturated rings. The van der Waals surface area contributed by atoms with Gasteiger partial charge in [0.15, 0.2) is 12.4 Å². The van der Waals surface area contributed by atoms with Crippen LogP contribution < -0.4 is 5.32 Å². The minimum absolute atomic E-state index is 0.0607. The molecule has 30 heavy (non-hydrogen) atoms. The Hall–Kier alpha value is -3.12. The first kappa shape index (κ1) is 21.6. The molecule has 0 radical (unpaired) electrons. The van der Waals surface area contributed by atoms with Gasteiger partial charge in [-0.05, 0) is 53.6 Å². The van der Waals surface area contributed by atoms with Gasteiger partial charge in [-0.2, -0.15) is 0 Å². The number of carbonyl (C=O) groups is 3. The van der Waals surface area contributed by atoms with E-state index in [4.69, 9.17) is 4.74 Å². The zero-order chi connectivity index (χ0) is 21.3. The van der Waals surface area contributed by atoms with Gasteiger partial charge in [0.05, 0.1) is 5.75 Å². The number of nitrogens with one attached hydrogen (secondary N) is 1. The number of carbonyl (C=O) groups excluding carboxylic acids is 3. The highest BCUT2D eigenvalue weighted by atomic mass is 32.2. The van der Waals surface area contributed by atoms with E-state index in [1.165, 1.54) is 11.8 Å². The van der Waals surface area contributed by atoms with Crippen LogP contribution in [0.5, 0.6) is 0 Å².